The second-order valence-electron chi connectivity index (χ2n) is 6.02. The highest BCUT2D eigenvalue weighted by Gasteiger charge is 2.08. The van der Waals surface area contributed by atoms with E-state index in [1.807, 2.05) is 43.1 Å². The topological polar surface area (TPSA) is 84.7 Å². The van der Waals surface area contributed by atoms with Crippen molar-refractivity contribution in [3.63, 3.8) is 0 Å². The number of carbonyl (C=O) groups excluding carboxylic acids is 1. The molecule has 2 aromatic rings. The van der Waals surface area contributed by atoms with Gasteiger partial charge in [0, 0.05) is 37.3 Å². The maximum atomic E-state index is 12.0. The molecule has 0 aliphatic heterocycles. The number of para-hydroxylation sites is 1. The molecule has 0 spiro atoms. The van der Waals surface area contributed by atoms with E-state index in [-0.39, 0.29) is 11.6 Å². The second-order valence-corrected chi connectivity index (χ2v) is 6.02. The van der Waals surface area contributed by atoms with Crippen molar-refractivity contribution in [2.75, 3.05) is 32.1 Å². The Bertz CT molecular complexity index is 747. The Morgan fingerprint density at radius 3 is 2.50 bits per heavy atom. The van der Waals surface area contributed by atoms with Crippen LogP contribution in [-0.2, 0) is 4.79 Å². The van der Waals surface area contributed by atoms with Crippen molar-refractivity contribution in [1.82, 2.24) is 4.90 Å². The minimum atomic E-state index is -0.473. The summed E-state index contributed by atoms with van der Waals surface area (Å²) >= 11 is 0. The number of nitrogens with one attached hydrogen (secondary N) is 1. The molecular weight excluding hydrogens is 334 g/mol. The molecule has 2 aromatic carbocycles. The fourth-order valence-corrected chi connectivity index (χ4v) is 2.32. The van der Waals surface area contributed by atoms with Crippen LogP contribution in [0.1, 0.15) is 12.0 Å². The number of rotatable bonds is 9. The summed E-state index contributed by atoms with van der Waals surface area (Å²) in [7, 11) is 1.93. The lowest BCUT2D eigenvalue weighted by atomic mass is 10.2. The van der Waals surface area contributed by atoms with E-state index in [4.69, 9.17) is 4.74 Å². The molecule has 0 aromatic heterocycles. The summed E-state index contributed by atoms with van der Waals surface area (Å²) in [4.78, 5) is 24.1. The molecule has 0 heterocycles. The number of likely N-dealkylation sites (N-methyl/N-ethyl adjacent to an activating group) is 1. The number of anilines is 1. The molecule has 0 saturated carbocycles. The van der Waals surface area contributed by atoms with Crippen LogP contribution in [0, 0.1) is 17.0 Å². The van der Waals surface area contributed by atoms with Crippen LogP contribution in [0.3, 0.4) is 0 Å². The molecule has 0 bridgehead atoms. The first-order valence-electron chi connectivity index (χ1n) is 8.37. The molecule has 0 radical (unpaired) electrons. The average Bonchev–Trinajstić information content (AvgIpc) is 2.62. The molecule has 0 fully saturated rings. The van der Waals surface area contributed by atoms with Gasteiger partial charge in [0.15, 0.2) is 0 Å². The van der Waals surface area contributed by atoms with E-state index >= 15 is 0 Å². The van der Waals surface area contributed by atoms with Gasteiger partial charge in [-0.15, -0.1) is 0 Å². The number of nitro benzene ring substituents is 1. The van der Waals surface area contributed by atoms with E-state index < -0.39 is 4.92 Å². The Kier molecular flexibility index (Phi) is 7.11. The lowest BCUT2D eigenvalue weighted by Crippen LogP contribution is -2.28. The number of nitro groups is 1. The van der Waals surface area contributed by atoms with Crippen LogP contribution in [0.25, 0.3) is 0 Å². The lowest BCUT2D eigenvalue weighted by Gasteiger charge is -2.17. The van der Waals surface area contributed by atoms with Crippen molar-refractivity contribution in [3.8, 4) is 5.75 Å². The third-order valence-corrected chi connectivity index (χ3v) is 3.91. The molecular formula is C19H23N3O4. The molecule has 1 N–H and O–H groups in total. The summed E-state index contributed by atoms with van der Waals surface area (Å²) in [5.41, 5.74) is 1.64. The fraction of sp³-hybridized carbons (Fsp3) is 0.316. The average molecular weight is 357 g/mol. The first-order chi connectivity index (χ1) is 12.5. The Morgan fingerprint density at radius 1 is 1.15 bits per heavy atom. The number of amides is 1. The highest BCUT2D eigenvalue weighted by atomic mass is 16.6. The lowest BCUT2D eigenvalue weighted by molar-refractivity contribution is -0.384. The van der Waals surface area contributed by atoms with Crippen LogP contribution >= 0.6 is 0 Å². The molecule has 0 atom stereocenters. The first kappa shape index (κ1) is 19.4. The fourth-order valence-electron chi connectivity index (χ4n) is 2.32. The Labute approximate surface area is 152 Å². The standard InChI is InChI=1S/C19H23N3O4/c1-15-5-3-4-6-18(15)26-14-13-21(2)12-11-19(23)20-16-7-9-17(10-8-16)22(24)25/h3-10H,11-14H2,1-2H3,(H,20,23). The number of nitrogens with zero attached hydrogens (tertiary/aromatic N) is 2. The molecule has 0 unspecified atom stereocenters. The molecule has 0 saturated heterocycles. The third kappa shape index (κ3) is 6.18. The van der Waals surface area contributed by atoms with Crippen LogP contribution in [0.4, 0.5) is 11.4 Å². The predicted molar refractivity (Wildman–Crippen MR) is 101 cm³/mol. The molecule has 0 aliphatic rings. The number of ether oxygens (including phenoxy) is 1. The molecule has 0 aliphatic carbocycles. The third-order valence-electron chi connectivity index (χ3n) is 3.91. The van der Waals surface area contributed by atoms with Gasteiger partial charge in [0.05, 0.1) is 4.92 Å². The minimum Gasteiger partial charge on any atom is -0.492 e. The van der Waals surface area contributed by atoms with Crippen LogP contribution in [-0.4, -0.2) is 42.5 Å². The molecule has 1 amide bonds. The van der Waals surface area contributed by atoms with E-state index in [2.05, 4.69) is 5.32 Å². The zero-order valence-electron chi connectivity index (χ0n) is 15.0. The van der Waals surface area contributed by atoms with Gasteiger partial charge in [-0.2, -0.15) is 0 Å². The predicted octanol–water partition coefficient (Wildman–Crippen LogP) is 3.24. The quantitative estimate of drug-likeness (QED) is 0.550. The van der Waals surface area contributed by atoms with Gasteiger partial charge in [-0.05, 0) is 37.7 Å². The second kappa shape index (κ2) is 9.53. The van der Waals surface area contributed by atoms with Gasteiger partial charge in [0.2, 0.25) is 5.91 Å². The van der Waals surface area contributed by atoms with Crippen molar-refractivity contribution in [1.29, 1.82) is 0 Å². The van der Waals surface area contributed by atoms with E-state index in [1.165, 1.54) is 24.3 Å². The highest BCUT2D eigenvalue weighted by Crippen LogP contribution is 2.16. The summed E-state index contributed by atoms with van der Waals surface area (Å²) in [6.45, 7) is 3.85. The molecule has 138 valence electrons. The molecule has 2 rings (SSSR count). The normalized spacial score (nSPS) is 10.6. The van der Waals surface area contributed by atoms with Gasteiger partial charge >= 0.3 is 0 Å². The maximum absolute atomic E-state index is 12.0. The first-order valence-corrected chi connectivity index (χ1v) is 8.37. The number of aryl methyl sites for hydroxylation is 1. The van der Waals surface area contributed by atoms with Crippen LogP contribution in [0.15, 0.2) is 48.5 Å². The number of hydrogen-bond acceptors (Lipinski definition) is 5. The smallest absolute Gasteiger partial charge is 0.269 e. The van der Waals surface area contributed by atoms with Gasteiger partial charge in [0.25, 0.3) is 5.69 Å². The van der Waals surface area contributed by atoms with E-state index in [0.29, 0.717) is 31.8 Å². The van der Waals surface area contributed by atoms with Gasteiger partial charge in [-0.3, -0.25) is 14.9 Å². The monoisotopic (exact) mass is 357 g/mol. The Hall–Kier alpha value is -2.93. The number of non-ortho nitro benzene ring substituents is 1. The zero-order valence-corrected chi connectivity index (χ0v) is 15.0. The van der Waals surface area contributed by atoms with Crippen molar-refractivity contribution >= 4 is 17.3 Å². The summed E-state index contributed by atoms with van der Waals surface area (Å²) in [6, 6.07) is 13.6. The summed E-state index contributed by atoms with van der Waals surface area (Å²) in [5, 5.41) is 13.3. The minimum absolute atomic E-state index is 0.00335. The summed E-state index contributed by atoms with van der Waals surface area (Å²) in [5.74, 6) is 0.738. The van der Waals surface area contributed by atoms with Crippen molar-refractivity contribution in [2.24, 2.45) is 0 Å². The van der Waals surface area contributed by atoms with Crippen LogP contribution in [0.2, 0.25) is 0 Å². The van der Waals surface area contributed by atoms with Crippen molar-refractivity contribution < 1.29 is 14.5 Å². The van der Waals surface area contributed by atoms with Gasteiger partial charge in [-0.1, -0.05) is 18.2 Å². The van der Waals surface area contributed by atoms with Crippen LogP contribution in [0.5, 0.6) is 5.75 Å². The van der Waals surface area contributed by atoms with Crippen molar-refractivity contribution in [2.45, 2.75) is 13.3 Å². The van der Waals surface area contributed by atoms with E-state index in [1.54, 1.807) is 0 Å². The van der Waals surface area contributed by atoms with Crippen LogP contribution < -0.4 is 10.1 Å². The highest BCUT2D eigenvalue weighted by molar-refractivity contribution is 5.90. The largest absolute Gasteiger partial charge is 0.492 e. The maximum Gasteiger partial charge on any atom is 0.269 e. The SMILES string of the molecule is Cc1ccccc1OCCN(C)CCC(=O)Nc1ccc([N+](=O)[O-])cc1. The Balaban J connectivity index is 1.68. The molecule has 7 nitrogen and oxygen atoms in total. The van der Waals surface area contributed by atoms with Crippen molar-refractivity contribution in [3.05, 3.63) is 64.2 Å². The Morgan fingerprint density at radius 2 is 1.85 bits per heavy atom. The van der Waals surface area contributed by atoms with E-state index in [9.17, 15) is 14.9 Å². The molecule has 7 heteroatoms. The van der Waals surface area contributed by atoms with E-state index in [0.717, 1.165) is 11.3 Å². The molecule has 26 heavy (non-hydrogen) atoms. The summed E-state index contributed by atoms with van der Waals surface area (Å²) < 4.78 is 5.74. The van der Waals surface area contributed by atoms with Gasteiger partial charge in [-0.25, -0.2) is 0 Å². The number of benzene rings is 2. The number of carbonyl (C=O) groups is 1. The number of hydrogen-bond donors (Lipinski definition) is 1. The zero-order chi connectivity index (χ0) is 18.9. The van der Waals surface area contributed by atoms with Gasteiger partial charge in [0.1, 0.15) is 12.4 Å². The summed E-state index contributed by atoms with van der Waals surface area (Å²) in [6.07, 6.45) is 0.331. The van der Waals surface area contributed by atoms with Gasteiger partial charge < -0.3 is 15.0 Å².